The first-order chi connectivity index (χ1) is 7.29. The zero-order valence-electron chi connectivity index (χ0n) is 8.51. The molecule has 0 spiro atoms. The Labute approximate surface area is 108 Å². The molecule has 1 heterocycles. The monoisotopic (exact) mass is 307 g/mol. The van der Waals surface area contributed by atoms with Crippen LogP contribution in [-0.2, 0) is 6.54 Å². The molecule has 4 heteroatoms. The quantitative estimate of drug-likeness (QED) is 0.829. The average molecular weight is 309 g/mol. The Hall–Kier alpha value is 0.430. The van der Waals surface area contributed by atoms with Crippen molar-refractivity contribution in [1.29, 1.82) is 0 Å². The lowest BCUT2D eigenvalue weighted by molar-refractivity contribution is 0.431. The molecule has 15 heavy (non-hydrogen) atoms. The van der Waals surface area contributed by atoms with E-state index in [1.165, 1.54) is 27.9 Å². The molecule has 2 atom stereocenters. The minimum Gasteiger partial charge on any atom is -0.309 e. The predicted octanol–water partition coefficient (Wildman–Crippen LogP) is 4.01. The molecule has 0 saturated heterocycles. The van der Waals surface area contributed by atoms with E-state index in [1.54, 1.807) is 11.3 Å². The van der Waals surface area contributed by atoms with Gasteiger partial charge in [0.2, 0.25) is 0 Å². The van der Waals surface area contributed by atoms with Crippen molar-refractivity contribution in [1.82, 2.24) is 5.32 Å². The molecule has 1 fully saturated rings. The topological polar surface area (TPSA) is 12.0 Å². The van der Waals surface area contributed by atoms with Gasteiger partial charge in [0.1, 0.15) is 0 Å². The first kappa shape index (κ1) is 11.9. The standard InChI is InChI=1S/C11H15BrClNS/c12-11-5-4-9(15-11)7-14-10-3-1-2-8(10)6-13/h4-5,8,10,14H,1-3,6-7H2. The van der Waals surface area contributed by atoms with Crippen LogP contribution in [0.15, 0.2) is 15.9 Å². The molecule has 1 saturated carbocycles. The van der Waals surface area contributed by atoms with Crippen LogP contribution in [0.2, 0.25) is 0 Å². The Morgan fingerprint density at radius 3 is 3.00 bits per heavy atom. The highest BCUT2D eigenvalue weighted by Crippen LogP contribution is 2.28. The van der Waals surface area contributed by atoms with Crippen molar-refractivity contribution < 1.29 is 0 Å². The fraction of sp³-hybridized carbons (Fsp3) is 0.636. The normalized spacial score (nSPS) is 26.0. The second-order valence-electron chi connectivity index (χ2n) is 4.04. The van der Waals surface area contributed by atoms with Gasteiger partial charge in [-0.1, -0.05) is 6.42 Å². The lowest BCUT2D eigenvalue weighted by Gasteiger charge is -2.18. The van der Waals surface area contributed by atoms with Gasteiger partial charge in [-0.2, -0.15) is 0 Å². The fourth-order valence-corrected chi connectivity index (χ4v) is 3.97. The Bertz CT molecular complexity index is 315. The molecule has 0 amide bonds. The predicted molar refractivity (Wildman–Crippen MR) is 70.7 cm³/mol. The molecule has 2 rings (SSSR count). The lowest BCUT2D eigenvalue weighted by atomic mass is 10.1. The van der Waals surface area contributed by atoms with Crippen LogP contribution in [0.1, 0.15) is 24.1 Å². The van der Waals surface area contributed by atoms with Crippen LogP contribution in [0.4, 0.5) is 0 Å². The van der Waals surface area contributed by atoms with E-state index in [9.17, 15) is 0 Å². The number of nitrogens with one attached hydrogen (secondary N) is 1. The molecule has 1 aromatic rings. The molecule has 0 aliphatic heterocycles. The molecule has 84 valence electrons. The SMILES string of the molecule is ClCC1CCCC1NCc1ccc(Br)s1. The van der Waals surface area contributed by atoms with E-state index in [0.717, 1.165) is 12.4 Å². The summed E-state index contributed by atoms with van der Waals surface area (Å²) >= 11 is 11.2. The summed E-state index contributed by atoms with van der Waals surface area (Å²) in [6, 6.07) is 4.91. The Balaban J connectivity index is 1.82. The molecule has 1 nitrogen and oxygen atoms in total. The number of halogens is 2. The van der Waals surface area contributed by atoms with Gasteiger partial charge in [-0.15, -0.1) is 22.9 Å². The van der Waals surface area contributed by atoms with Crippen molar-refractivity contribution in [2.45, 2.75) is 31.8 Å². The van der Waals surface area contributed by atoms with Crippen LogP contribution in [-0.4, -0.2) is 11.9 Å². The van der Waals surface area contributed by atoms with Gasteiger partial charge in [0, 0.05) is 23.3 Å². The zero-order chi connectivity index (χ0) is 10.7. The number of hydrogen-bond acceptors (Lipinski definition) is 2. The van der Waals surface area contributed by atoms with E-state index in [4.69, 9.17) is 11.6 Å². The molecule has 1 N–H and O–H groups in total. The summed E-state index contributed by atoms with van der Waals surface area (Å²) in [5.74, 6) is 1.47. The van der Waals surface area contributed by atoms with Gasteiger partial charge in [0.25, 0.3) is 0 Å². The van der Waals surface area contributed by atoms with Gasteiger partial charge in [0.15, 0.2) is 0 Å². The van der Waals surface area contributed by atoms with Crippen LogP contribution < -0.4 is 5.32 Å². The molecule has 1 aliphatic rings. The third-order valence-electron chi connectivity index (χ3n) is 3.02. The first-order valence-corrected chi connectivity index (χ1v) is 7.47. The lowest BCUT2D eigenvalue weighted by Crippen LogP contribution is -2.32. The van der Waals surface area contributed by atoms with Gasteiger partial charge in [-0.25, -0.2) is 0 Å². The molecular formula is C11H15BrClNS. The van der Waals surface area contributed by atoms with E-state index >= 15 is 0 Å². The largest absolute Gasteiger partial charge is 0.309 e. The maximum absolute atomic E-state index is 5.94. The summed E-state index contributed by atoms with van der Waals surface area (Å²) in [6.07, 6.45) is 3.89. The number of alkyl halides is 1. The maximum Gasteiger partial charge on any atom is 0.0701 e. The van der Waals surface area contributed by atoms with Crippen molar-refractivity contribution in [3.05, 3.63) is 20.8 Å². The van der Waals surface area contributed by atoms with Gasteiger partial charge in [-0.05, 0) is 46.8 Å². The van der Waals surface area contributed by atoms with E-state index < -0.39 is 0 Å². The Morgan fingerprint density at radius 2 is 2.33 bits per heavy atom. The van der Waals surface area contributed by atoms with Crippen LogP contribution in [0.5, 0.6) is 0 Å². The van der Waals surface area contributed by atoms with Crippen LogP contribution in [0.3, 0.4) is 0 Å². The fourth-order valence-electron chi connectivity index (χ4n) is 2.17. The van der Waals surface area contributed by atoms with Crippen molar-refractivity contribution in [3.8, 4) is 0 Å². The van der Waals surface area contributed by atoms with Gasteiger partial charge in [-0.3, -0.25) is 0 Å². The summed E-state index contributed by atoms with van der Waals surface area (Å²) in [7, 11) is 0. The van der Waals surface area contributed by atoms with E-state index in [1.807, 2.05) is 0 Å². The summed E-state index contributed by atoms with van der Waals surface area (Å²) < 4.78 is 1.21. The highest BCUT2D eigenvalue weighted by molar-refractivity contribution is 9.11. The van der Waals surface area contributed by atoms with Crippen molar-refractivity contribution in [2.75, 3.05) is 5.88 Å². The van der Waals surface area contributed by atoms with Gasteiger partial charge in [0.05, 0.1) is 3.79 Å². The van der Waals surface area contributed by atoms with Crippen LogP contribution in [0, 0.1) is 5.92 Å². The smallest absolute Gasteiger partial charge is 0.0701 e. The highest BCUT2D eigenvalue weighted by Gasteiger charge is 2.25. The molecule has 0 bridgehead atoms. The third kappa shape index (κ3) is 3.19. The second-order valence-corrected chi connectivity index (χ2v) is 6.89. The molecule has 0 radical (unpaired) electrons. The summed E-state index contributed by atoms with van der Waals surface area (Å²) in [4.78, 5) is 1.39. The zero-order valence-corrected chi connectivity index (χ0v) is 11.7. The van der Waals surface area contributed by atoms with E-state index in [0.29, 0.717) is 12.0 Å². The van der Waals surface area contributed by atoms with Crippen molar-refractivity contribution in [2.24, 2.45) is 5.92 Å². The molecule has 2 unspecified atom stereocenters. The van der Waals surface area contributed by atoms with Gasteiger partial charge < -0.3 is 5.32 Å². The first-order valence-electron chi connectivity index (χ1n) is 5.33. The van der Waals surface area contributed by atoms with Crippen LogP contribution >= 0.6 is 38.9 Å². The molecule has 1 aliphatic carbocycles. The average Bonchev–Trinajstić information content (AvgIpc) is 2.83. The minimum absolute atomic E-state index is 0.628. The maximum atomic E-state index is 5.94. The minimum atomic E-state index is 0.628. The number of hydrogen-bond donors (Lipinski definition) is 1. The van der Waals surface area contributed by atoms with Crippen molar-refractivity contribution >= 4 is 38.9 Å². The Kier molecular flexibility index (Phi) is 4.50. The Morgan fingerprint density at radius 1 is 1.47 bits per heavy atom. The number of rotatable bonds is 4. The molecule has 0 aromatic carbocycles. The molecular weight excluding hydrogens is 294 g/mol. The summed E-state index contributed by atoms with van der Waals surface area (Å²) in [6.45, 7) is 0.980. The van der Waals surface area contributed by atoms with E-state index in [2.05, 4.69) is 33.4 Å². The molecule has 1 aromatic heterocycles. The van der Waals surface area contributed by atoms with Gasteiger partial charge >= 0.3 is 0 Å². The highest BCUT2D eigenvalue weighted by atomic mass is 79.9. The number of thiophene rings is 1. The summed E-state index contributed by atoms with van der Waals surface area (Å²) in [5, 5.41) is 3.62. The second kappa shape index (κ2) is 5.67. The summed E-state index contributed by atoms with van der Waals surface area (Å²) in [5.41, 5.74) is 0. The third-order valence-corrected chi connectivity index (χ3v) is 5.04. The van der Waals surface area contributed by atoms with E-state index in [-0.39, 0.29) is 0 Å². The van der Waals surface area contributed by atoms with Crippen molar-refractivity contribution in [3.63, 3.8) is 0 Å². The van der Waals surface area contributed by atoms with Crippen LogP contribution in [0.25, 0.3) is 0 Å².